The smallest absolute Gasteiger partial charge is 0.251 e. The normalized spacial score (nSPS) is 18.3. The second-order valence-electron chi connectivity index (χ2n) is 9.08. The van der Waals surface area contributed by atoms with Crippen LogP contribution in [0.1, 0.15) is 72.5 Å². The fourth-order valence-electron chi connectivity index (χ4n) is 4.82. The maximum atomic E-state index is 12.9. The number of amides is 1. The third-order valence-corrected chi connectivity index (χ3v) is 6.65. The number of carbonyl (C=O) groups is 1. The lowest BCUT2D eigenvalue weighted by molar-refractivity contribution is 0.0934. The molecule has 33 heavy (non-hydrogen) atoms. The van der Waals surface area contributed by atoms with Crippen LogP contribution in [0.2, 0.25) is 0 Å². The number of hydrogen-bond acceptors (Lipinski definition) is 4. The van der Waals surface area contributed by atoms with Gasteiger partial charge in [0.1, 0.15) is 11.6 Å². The first-order chi connectivity index (χ1) is 16.0. The summed E-state index contributed by atoms with van der Waals surface area (Å²) >= 11 is 5.11. The summed E-state index contributed by atoms with van der Waals surface area (Å²) in [6.07, 6.45) is 2.98. The molecule has 1 aliphatic rings. The third-order valence-electron chi connectivity index (χ3n) is 6.46. The van der Waals surface area contributed by atoms with E-state index in [1.54, 1.807) is 0 Å². The van der Waals surface area contributed by atoms with Crippen LogP contribution in [0.4, 0.5) is 0 Å². The first-order valence-electron chi connectivity index (χ1n) is 11.5. The molecule has 1 saturated carbocycles. The van der Waals surface area contributed by atoms with Crippen molar-refractivity contribution in [2.75, 3.05) is 0 Å². The number of H-pyrrole nitrogens is 2. The highest BCUT2D eigenvalue weighted by atomic mass is 32.1. The van der Waals surface area contributed by atoms with E-state index in [4.69, 9.17) is 17.2 Å². The highest BCUT2D eigenvalue weighted by Gasteiger charge is 2.32. The van der Waals surface area contributed by atoms with Crippen molar-refractivity contribution >= 4 is 29.2 Å². The van der Waals surface area contributed by atoms with Crippen LogP contribution in [0.15, 0.2) is 48.5 Å². The Labute approximate surface area is 197 Å². The number of aromatic amines is 2. The molecule has 170 valence electrons. The molecule has 1 amide bonds. The van der Waals surface area contributed by atoms with E-state index < -0.39 is 0 Å². The average molecular weight is 461 g/mol. The first kappa shape index (κ1) is 21.6. The van der Waals surface area contributed by atoms with Gasteiger partial charge in [0.05, 0.1) is 11.0 Å². The Bertz CT molecular complexity index is 1330. The zero-order valence-electron chi connectivity index (χ0n) is 18.8. The van der Waals surface area contributed by atoms with Crippen LogP contribution in [0, 0.1) is 4.77 Å². The number of fused-ring (bicyclic) bond motifs is 1. The van der Waals surface area contributed by atoms with Crippen LogP contribution in [0.5, 0.6) is 0 Å². The van der Waals surface area contributed by atoms with Gasteiger partial charge in [-0.05, 0) is 54.9 Å². The molecule has 0 radical (unpaired) electrons. The summed E-state index contributed by atoms with van der Waals surface area (Å²) in [5, 5.41) is 10.3. The average Bonchev–Trinajstić information content (AvgIpc) is 3.53. The van der Waals surface area contributed by atoms with Crippen molar-refractivity contribution in [2.45, 2.75) is 57.5 Å². The third kappa shape index (κ3) is 4.35. The summed E-state index contributed by atoms with van der Waals surface area (Å²) in [7, 11) is 0. The lowest BCUT2D eigenvalue weighted by atomic mass is 10.0. The van der Waals surface area contributed by atoms with E-state index in [1.807, 2.05) is 36.4 Å². The summed E-state index contributed by atoms with van der Waals surface area (Å²) in [4.78, 5) is 20.9. The van der Waals surface area contributed by atoms with Crippen LogP contribution in [0.25, 0.3) is 11.0 Å². The number of imidazole rings is 1. The minimum Gasteiger partial charge on any atom is -0.349 e. The molecule has 8 heteroatoms. The van der Waals surface area contributed by atoms with Crippen LogP contribution in [-0.2, 0) is 6.54 Å². The van der Waals surface area contributed by atoms with Crippen molar-refractivity contribution in [3.63, 3.8) is 0 Å². The number of para-hydroxylation sites is 2. The van der Waals surface area contributed by atoms with Gasteiger partial charge in [0.25, 0.3) is 5.91 Å². The van der Waals surface area contributed by atoms with Crippen LogP contribution < -0.4 is 5.32 Å². The van der Waals surface area contributed by atoms with E-state index in [0.29, 0.717) is 16.3 Å². The number of benzene rings is 2. The van der Waals surface area contributed by atoms with Crippen molar-refractivity contribution < 1.29 is 4.79 Å². The molecule has 1 aliphatic carbocycles. The highest BCUT2D eigenvalue weighted by molar-refractivity contribution is 7.71. The highest BCUT2D eigenvalue weighted by Crippen LogP contribution is 2.32. The Kier molecular flexibility index (Phi) is 5.85. The maximum absolute atomic E-state index is 12.9. The molecule has 0 aliphatic heterocycles. The van der Waals surface area contributed by atoms with Gasteiger partial charge in [0, 0.05) is 30.0 Å². The second kappa shape index (κ2) is 8.94. The molecule has 2 unspecified atom stereocenters. The van der Waals surface area contributed by atoms with Gasteiger partial charge in [-0.3, -0.25) is 9.89 Å². The van der Waals surface area contributed by atoms with Gasteiger partial charge in [-0.2, -0.15) is 5.10 Å². The van der Waals surface area contributed by atoms with E-state index in [9.17, 15) is 4.79 Å². The fourth-order valence-corrected chi connectivity index (χ4v) is 4.97. The van der Waals surface area contributed by atoms with Crippen molar-refractivity contribution in [1.29, 1.82) is 0 Å². The number of rotatable bonds is 6. The van der Waals surface area contributed by atoms with Gasteiger partial charge in [0.15, 0.2) is 4.77 Å². The molecule has 2 aromatic carbocycles. The van der Waals surface area contributed by atoms with Gasteiger partial charge in [-0.25, -0.2) is 4.98 Å². The van der Waals surface area contributed by atoms with Crippen LogP contribution in [-0.4, -0.2) is 36.7 Å². The van der Waals surface area contributed by atoms with E-state index in [0.717, 1.165) is 54.1 Å². The van der Waals surface area contributed by atoms with E-state index in [1.165, 1.54) is 0 Å². The van der Waals surface area contributed by atoms with Crippen molar-refractivity contribution in [2.24, 2.45) is 0 Å². The molecule has 0 bridgehead atoms. The molecule has 2 aromatic heterocycles. The minimum absolute atomic E-state index is 0.0523. The monoisotopic (exact) mass is 460 g/mol. The van der Waals surface area contributed by atoms with E-state index >= 15 is 0 Å². The topological polar surface area (TPSA) is 91.4 Å². The summed E-state index contributed by atoms with van der Waals surface area (Å²) in [6, 6.07) is 16.2. The largest absolute Gasteiger partial charge is 0.349 e. The Hall–Kier alpha value is -3.26. The van der Waals surface area contributed by atoms with E-state index in [2.05, 4.69) is 51.0 Å². The summed E-state index contributed by atoms with van der Waals surface area (Å²) in [6.45, 7) is 5.05. The van der Waals surface area contributed by atoms with Crippen molar-refractivity contribution in [3.05, 3.63) is 76.1 Å². The molecule has 0 saturated heterocycles. The molecule has 1 fully saturated rings. The summed E-state index contributed by atoms with van der Waals surface area (Å²) < 4.78 is 2.79. The maximum Gasteiger partial charge on any atom is 0.251 e. The van der Waals surface area contributed by atoms with Gasteiger partial charge in [-0.1, -0.05) is 44.5 Å². The standard InChI is InChI=1S/C25H28N6OS/c1-15(2)23-26-20-7-3-4-9-21(20)31(23)14-16-10-12-17(13-11-16)24(32)27-19-8-5-6-18(19)22-28-25(33)30-29-22/h3-4,7,9-13,15,18-19H,5-6,8,14H2,1-2H3,(H,27,32)(H2,28,29,30,33). The number of aromatic nitrogens is 5. The predicted octanol–water partition coefficient (Wildman–Crippen LogP) is 5.05. The Morgan fingerprint density at radius 3 is 2.70 bits per heavy atom. The predicted molar refractivity (Wildman–Crippen MR) is 131 cm³/mol. The lowest BCUT2D eigenvalue weighted by Crippen LogP contribution is -2.36. The quantitative estimate of drug-likeness (QED) is 0.351. The van der Waals surface area contributed by atoms with Crippen molar-refractivity contribution in [1.82, 2.24) is 30.0 Å². The van der Waals surface area contributed by atoms with E-state index in [-0.39, 0.29) is 17.9 Å². The summed E-state index contributed by atoms with van der Waals surface area (Å²) in [5.41, 5.74) is 3.95. The Morgan fingerprint density at radius 2 is 1.97 bits per heavy atom. The van der Waals surface area contributed by atoms with Gasteiger partial charge >= 0.3 is 0 Å². The molecule has 0 spiro atoms. The number of nitrogens with zero attached hydrogens (tertiary/aromatic N) is 3. The molecule has 3 N–H and O–H groups in total. The van der Waals surface area contributed by atoms with Crippen molar-refractivity contribution in [3.8, 4) is 0 Å². The second-order valence-corrected chi connectivity index (χ2v) is 9.49. The van der Waals surface area contributed by atoms with Gasteiger partial charge in [0.2, 0.25) is 0 Å². The first-order valence-corrected chi connectivity index (χ1v) is 11.9. The molecule has 7 nitrogen and oxygen atoms in total. The number of carbonyl (C=O) groups excluding carboxylic acids is 1. The molecular weight excluding hydrogens is 432 g/mol. The molecular formula is C25H28N6OS. The van der Waals surface area contributed by atoms with Crippen LogP contribution >= 0.6 is 12.2 Å². The Morgan fingerprint density at radius 1 is 1.18 bits per heavy atom. The molecule has 2 atom stereocenters. The molecule has 4 aromatic rings. The number of hydrogen-bond donors (Lipinski definition) is 3. The zero-order chi connectivity index (χ0) is 22.9. The summed E-state index contributed by atoms with van der Waals surface area (Å²) in [5.74, 6) is 2.33. The Balaban J connectivity index is 1.31. The van der Waals surface area contributed by atoms with Gasteiger partial charge in [-0.15, -0.1) is 0 Å². The minimum atomic E-state index is -0.0523. The SMILES string of the molecule is CC(C)c1nc2ccccc2n1Cc1ccc(C(=O)NC2CCCC2c2n[nH]c(=S)[nH]2)cc1. The molecule has 2 heterocycles. The molecule has 5 rings (SSSR count). The lowest BCUT2D eigenvalue weighted by Gasteiger charge is -2.19. The van der Waals surface area contributed by atoms with Crippen LogP contribution in [0.3, 0.4) is 0 Å². The van der Waals surface area contributed by atoms with Gasteiger partial charge < -0.3 is 14.9 Å². The number of nitrogens with one attached hydrogen (secondary N) is 3. The fraction of sp³-hybridized carbons (Fsp3) is 0.360. The zero-order valence-corrected chi connectivity index (χ0v) is 19.7.